The first kappa shape index (κ1) is 29.0. The number of esters is 2. The number of nitrogens with one attached hydrogen (secondary N) is 1. The van der Waals surface area contributed by atoms with Gasteiger partial charge in [0, 0.05) is 30.0 Å². The fourth-order valence-electron chi connectivity index (χ4n) is 5.01. The number of aryl methyl sites for hydroxylation is 1. The molecule has 2 aromatic rings. The Morgan fingerprint density at radius 1 is 1.22 bits per heavy atom. The van der Waals surface area contributed by atoms with E-state index in [2.05, 4.69) is 10.5 Å². The Morgan fingerprint density at radius 3 is 2.61 bits per heavy atom. The summed E-state index contributed by atoms with van der Waals surface area (Å²) in [7, 11) is 1.78. The molecule has 2 amide bonds. The van der Waals surface area contributed by atoms with Gasteiger partial charge in [0.1, 0.15) is 34.5 Å². The van der Waals surface area contributed by atoms with Crippen molar-refractivity contribution in [2.45, 2.75) is 49.4 Å². The molecule has 1 aromatic carbocycles. The number of hydrogen-bond acceptors (Lipinski definition) is 10. The van der Waals surface area contributed by atoms with E-state index in [0.29, 0.717) is 17.6 Å². The van der Waals surface area contributed by atoms with Crippen molar-refractivity contribution >= 4 is 58.7 Å². The van der Waals surface area contributed by atoms with Gasteiger partial charge in [0.25, 0.3) is 5.91 Å². The molecular formula is C27H26Cl2N4O7S. The molecule has 3 aliphatic heterocycles. The van der Waals surface area contributed by atoms with Gasteiger partial charge in [0.15, 0.2) is 0 Å². The summed E-state index contributed by atoms with van der Waals surface area (Å²) in [6.45, 7) is 4.58. The zero-order chi connectivity index (χ0) is 29.6. The Labute approximate surface area is 249 Å². The number of allylic oxidation sites excluding steroid dienone is 1. The van der Waals surface area contributed by atoms with E-state index >= 15 is 0 Å². The Morgan fingerprint density at radius 2 is 1.93 bits per heavy atom. The summed E-state index contributed by atoms with van der Waals surface area (Å²) in [5.41, 5.74) is 1.01. The summed E-state index contributed by atoms with van der Waals surface area (Å²) in [6.07, 6.45) is 5.66. The van der Waals surface area contributed by atoms with Gasteiger partial charge < -0.3 is 29.1 Å². The van der Waals surface area contributed by atoms with Gasteiger partial charge in [-0.2, -0.15) is 0 Å². The molecule has 4 heterocycles. The Kier molecular flexibility index (Phi) is 7.84. The molecule has 14 heteroatoms. The average molecular weight is 621 g/mol. The van der Waals surface area contributed by atoms with E-state index in [1.54, 1.807) is 57.1 Å². The number of nitrogens with zero attached hydrogens (tertiary/aromatic N) is 3. The summed E-state index contributed by atoms with van der Waals surface area (Å²) >= 11 is 14.0. The quantitative estimate of drug-likeness (QED) is 0.276. The lowest BCUT2D eigenvalue weighted by Crippen LogP contribution is -2.70. The highest BCUT2D eigenvalue weighted by Crippen LogP contribution is 2.51. The summed E-state index contributed by atoms with van der Waals surface area (Å²) in [5, 5.41) is 6.78. The number of carbonyl (C=O) groups excluding carboxylic acids is 4. The number of halogens is 2. The Balaban J connectivity index is 1.25. The average Bonchev–Trinajstić information content (AvgIpc) is 3.41. The molecule has 0 spiro atoms. The lowest BCUT2D eigenvalue weighted by Gasteiger charge is -2.43. The zero-order valence-corrected chi connectivity index (χ0v) is 24.8. The van der Waals surface area contributed by atoms with Crippen molar-refractivity contribution in [1.82, 2.24) is 20.3 Å². The van der Waals surface area contributed by atoms with Crippen LogP contribution in [0.2, 0.25) is 10.0 Å². The first-order valence-corrected chi connectivity index (χ1v) is 14.2. The van der Waals surface area contributed by atoms with E-state index in [0.717, 1.165) is 0 Å². The van der Waals surface area contributed by atoms with Gasteiger partial charge in [-0.3, -0.25) is 9.59 Å². The second-order valence-electron chi connectivity index (χ2n) is 10.2. The van der Waals surface area contributed by atoms with Crippen LogP contribution in [0.4, 0.5) is 0 Å². The van der Waals surface area contributed by atoms with Crippen LogP contribution < -0.4 is 5.32 Å². The number of benzene rings is 1. The Hall–Kier alpha value is -3.48. The molecule has 3 atom stereocenters. The number of ether oxygens (including phenoxy) is 2. The molecule has 3 aliphatic rings. The highest BCUT2D eigenvalue weighted by atomic mass is 35.5. The first-order chi connectivity index (χ1) is 19.4. The molecule has 0 saturated carbocycles. The first-order valence-electron chi connectivity index (χ1n) is 12.5. The van der Waals surface area contributed by atoms with Gasteiger partial charge in [0.05, 0.1) is 15.6 Å². The lowest BCUT2D eigenvalue weighted by atomic mass is 9.95. The molecule has 0 aliphatic carbocycles. The number of rotatable bonds is 7. The molecule has 5 rings (SSSR count). The minimum absolute atomic E-state index is 0.0982. The molecule has 41 heavy (non-hydrogen) atoms. The largest absolute Gasteiger partial charge is 0.426 e. The maximum absolute atomic E-state index is 13.4. The van der Waals surface area contributed by atoms with E-state index in [9.17, 15) is 19.2 Å². The maximum Gasteiger partial charge on any atom is 0.338 e. The van der Waals surface area contributed by atoms with Gasteiger partial charge in [-0.1, -0.05) is 40.5 Å². The SMILES string of the molecule is Cc1onc(-c2c(Cl)cccc2Cl)c1C(=O)N[C@H]1C(=O)N2[C@H]1SC(C)(C)[C@H]2C(=O)OCOC(=O)C1=CN(C)C=CC1. The van der Waals surface area contributed by atoms with Crippen LogP contribution in [0.5, 0.6) is 0 Å². The van der Waals surface area contributed by atoms with Gasteiger partial charge in [-0.05, 0) is 39.1 Å². The van der Waals surface area contributed by atoms with Crippen molar-refractivity contribution in [3.05, 3.63) is 63.6 Å². The highest BCUT2D eigenvalue weighted by Gasteiger charge is 2.64. The maximum atomic E-state index is 13.4. The molecule has 2 saturated heterocycles. The van der Waals surface area contributed by atoms with Crippen LogP contribution in [-0.4, -0.2) is 74.8 Å². The number of amides is 2. The summed E-state index contributed by atoms with van der Waals surface area (Å²) in [5.74, 6) is -2.14. The molecule has 0 radical (unpaired) electrons. The number of fused-ring (bicyclic) bond motifs is 1. The monoisotopic (exact) mass is 620 g/mol. The molecule has 1 aromatic heterocycles. The third-order valence-corrected chi connectivity index (χ3v) is 9.13. The van der Waals surface area contributed by atoms with Crippen LogP contribution in [0, 0.1) is 6.92 Å². The highest BCUT2D eigenvalue weighted by molar-refractivity contribution is 8.01. The fraction of sp³-hybridized carbons (Fsp3) is 0.370. The van der Waals surface area contributed by atoms with Gasteiger partial charge in [0.2, 0.25) is 12.7 Å². The van der Waals surface area contributed by atoms with Crippen molar-refractivity contribution in [2.75, 3.05) is 13.8 Å². The van der Waals surface area contributed by atoms with E-state index in [1.165, 1.54) is 16.7 Å². The zero-order valence-electron chi connectivity index (χ0n) is 22.5. The second-order valence-corrected chi connectivity index (χ2v) is 12.8. The molecule has 2 fully saturated rings. The van der Waals surface area contributed by atoms with Gasteiger partial charge in [-0.25, -0.2) is 9.59 Å². The second kappa shape index (κ2) is 11.1. The predicted molar refractivity (Wildman–Crippen MR) is 151 cm³/mol. The van der Waals surface area contributed by atoms with Crippen molar-refractivity contribution < 1.29 is 33.2 Å². The third kappa shape index (κ3) is 5.31. The summed E-state index contributed by atoms with van der Waals surface area (Å²) < 4.78 is 14.9. The molecule has 216 valence electrons. The minimum Gasteiger partial charge on any atom is -0.426 e. The van der Waals surface area contributed by atoms with E-state index < -0.39 is 52.8 Å². The van der Waals surface area contributed by atoms with Crippen molar-refractivity contribution in [3.8, 4) is 11.3 Å². The van der Waals surface area contributed by atoms with E-state index in [4.69, 9.17) is 37.2 Å². The van der Waals surface area contributed by atoms with Crippen LogP contribution >= 0.6 is 35.0 Å². The van der Waals surface area contributed by atoms with Crippen molar-refractivity contribution in [3.63, 3.8) is 0 Å². The third-order valence-electron chi connectivity index (χ3n) is 6.93. The Bertz CT molecular complexity index is 1480. The fourth-order valence-corrected chi connectivity index (χ4v) is 7.21. The summed E-state index contributed by atoms with van der Waals surface area (Å²) in [4.78, 5) is 55.0. The molecule has 0 bridgehead atoms. The van der Waals surface area contributed by atoms with Gasteiger partial charge in [-0.15, -0.1) is 11.8 Å². The van der Waals surface area contributed by atoms with Crippen LogP contribution in [0.3, 0.4) is 0 Å². The van der Waals surface area contributed by atoms with Crippen LogP contribution in [0.25, 0.3) is 11.3 Å². The van der Waals surface area contributed by atoms with E-state index in [1.807, 2.05) is 12.3 Å². The molecule has 0 unspecified atom stereocenters. The van der Waals surface area contributed by atoms with E-state index in [-0.39, 0.29) is 27.1 Å². The summed E-state index contributed by atoms with van der Waals surface area (Å²) in [6, 6.07) is 3.03. The number of β-lactam (4-membered cyclic amide) rings is 1. The smallest absolute Gasteiger partial charge is 0.338 e. The van der Waals surface area contributed by atoms with Gasteiger partial charge >= 0.3 is 11.9 Å². The lowest BCUT2D eigenvalue weighted by molar-refractivity contribution is -0.175. The van der Waals surface area contributed by atoms with Crippen molar-refractivity contribution in [2.24, 2.45) is 0 Å². The number of carbonyl (C=O) groups is 4. The van der Waals surface area contributed by atoms with Crippen LogP contribution in [0.1, 0.15) is 36.4 Å². The molecular weight excluding hydrogens is 595 g/mol. The number of aromatic nitrogens is 1. The number of hydrogen-bond donors (Lipinski definition) is 1. The standard InChI is InChI=1S/C27H26Cl2N4O7S/c1-13-17(19(31-40-13)18-15(28)8-5-9-16(18)29)22(34)30-20-23(35)33-21(27(2,3)41-24(20)33)26(37)39-12-38-25(36)14-7-6-10-32(4)11-14/h5-6,8-11,20-21,24H,7,12H2,1-4H3,(H,30,34)/t20-,21+,24-/m0/s1. The normalized spacial score (nSPS) is 22.5. The minimum atomic E-state index is -0.949. The molecule has 11 nitrogen and oxygen atoms in total. The van der Waals surface area contributed by atoms with Crippen LogP contribution in [0.15, 0.2) is 46.8 Å². The number of thioether (sulfide) groups is 1. The predicted octanol–water partition coefficient (Wildman–Crippen LogP) is 3.89. The molecule has 1 N–H and O–H groups in total. The van der Waals surface area contributed by atoms with Crippen LogP contribution in [-0.2, 0) is 23.9 Å². The topological polar surface area (TPSA) is 131 Å². The van der Waals surface area contributed by atoms with Crippen molar-refractivity contribution in [1.29, 1.82) is 0 Å².